The number of carbonyl (C=O) groups excluding carboxylic acids is 2. The van der Waals surface area contributed by atoms with E-state index < -0.39 is 11.9 Å². The molecule has 0 amide bonds. The van der Waals surface area contributed by atoms with Crippen molar-refractivity contribution in [3.05, 3.63) is 35.4 Å². The van der Waals surface area contributed by atoms with Gasteiger partial charge < -0.3 is 19.8 Å². The van der Waals surface area contributed by atoms with Crippen LogP contribution in [-0.2, 0) is 0 Å². The first-order chi connectivity index (χ1) is 5.61. The van der Waals surface area contributed by atoms with E-state index in [9.17, 15) is 19.8 Å². The van der Waals surface area contributed by atoms with Crippen LogP contribution >= 0.6 is 24.8 Å². The number of aromatic carboxylic acids is 2. The third kappa shape index (κ3) is 3.64. The van der Waals surface area contributed by atoms with E-state index in [4.69, 9.17) is 0 Å². The number of carbonyl (C=O) groups is 2. The molecular weight excluding hydrogens is 231 g/mol. The molecule has 1 aromatic rings. The Morgan fingerprint density at radius 2 is 1.29 bits per heavy atom. The minimum absolute atomic E-state index is 0. The highest BCUT2D eigenvalue weighted by Crippen LogP contribution is 2.02. The molecule has 0 atom stereocenters. The molecular formula is C8H6Cl2O4-2. The zero-order valence-corrected chi connectivity index (χ0v) is 8.39. The third-order valence-corrected chi connectivity index (χ3v) is 1.33. The topological polar surface area (TPSA) is 80.3 Å². The van der Waals surface area contributed by atoms with Gasteiger partial charge in [0, 0.05) is 0 Å². The predicted octanol–water partition coefficient (Wildman–Crippen LogP) is -0.743. The first-order valence-electron chi connectivity index (χ1n) is 3.14. The quantitative estimate of drug-likeness (QED) is 0.678. The highest BCUT2D eigenvalue weighted by atomic mass is 35.5. The van der Waals surface area contributed by atoms with Gasteiger partial charge >= 0.3 is 0 Å². The Bertz CT molecular complexity index is 309. The average Bonchev–Trinajstić information content (AvgIpc) is 2.04. The van der Waals surface area contributed by atoms with Gasteiger partial charge in [0.2, 0.25) is 0 Å². The minimum atomic E-state index is -1.40. The molecule has 0 aliphatic heterocycles. The van der Waals surface area contributed by atoms with E-state index in [1.165, 1.54) is 18.2 Å². The lowest BCUT2D eigenvalue weighted by Crippen LogP contribution is -2.25. The second kappa shape index (κ2) is 6.23. The molecule has 0 spiro atoms. The summed E-state index contributed by atoms with van der Waals surface area (Å²) in [6.45, 7) is 0. The Hall–Kier alpha value is -1.26. The van der Waals surface area contributed by atoms with E-state index in [-0.39, 0.29) is 35.9 Å². The molecule has 0 saturated carbocycles. The van der Waals surface area contributed by atoms with Crippen LogP contribution in [0.5, 0.6) is 0 Å². The molecule has 0 aliphatic carbocycles. The van der Waals surface area contributed by atoms with Gasteiger partial charge in [-0.05, 0) is 17.2 Å². The van der Waals surface area contributed by atoms with Crippen LogP contribution in [0.4, 0.5) is 0 Å². The van der Waals surface area contributed by atoms with Crippen molar-refractivity contribution < 1.29 is 19.8 Å². The van der Waals surface area contributed by atoms with Gasteiger partial charge in [-0.25, -0.2) is 0 Å². The van der Waals surface area contributed by atoms with Gasteiger partial charge in [0.1, 0.15) is 0 Å². The standard InChI is InChI=1S/C8H6O4.2ClH/c9-7(10)5-2-1-3-6(4-5)8(11)12;;/h1-4H,(H,9,10)(H,11,12);2*1H/p-2. The lowest BCUT2D eigenvalue weighted by atomic mass is 10.1. The molecule has 0 saturated heterocycles. The lowest BCUT2D eigenvalue weighted by Gasteiger charge is -2.05. The maximum absolute atomic E-state index is 10.3. The van der Waals surface area contributed by atoms with Crippen molar-refractivity contribution in [2.75, 3.05) is 0 Å². The number of halogens is 2. The maximum Gasteiger partial charge on any atom is 0.0715 e. The summed E-state index contributed by atoms with van der Waals surface area (Å²) >= 11 is 0. The summed E-state index contributed by atoms with van der Waals surface area (Å²) in [6, 6.07) is 4.81. The van der Waals surface area contributed by atoms with Gasteiger partial charge in [-0.3, -0.25) is 0 Å². The number of benzene rings is 1. The highest BCUT2D eigenvalue weighted by molar-refractivity contribution is 5.91. The molecule has 0 aromatic heterocycles. The normalized spacial score (nSPS) is 8.00. The number of rotatable bonds is 2. The molecule has 1 aromatic carbocycles. The Balaban J connectivity index is 0. The van der Waals surface area contributed by atoms with Crippen LogP contribution in [0.2, 0.25) is 0 Å². The summed E-state index contributed by atoms with van der Waals surface area (Å²) in [4.78, 5) is 20.5. The number of carboxylic acids is 2. The molecule has 0 aliphatic rings. The second-order valence-corrected chi connectivity index (χ2v) is 2.16. The fraction of sp³-hybridized carbons (Fsp3) is 0. The molecule has 4 nitrogen and oxygen atoms in total. The summed E-state index contributed by atoms with van der Waals surface area (Å²) in [5.41, 5.74) is -0.339. The van der Waals surface area contributed by atoms with E-state index in [2.05, 4.69) is 0 Å². The Kier molecular flexibility index (Phi) is 6.78. The second-order valence-electron chi connectivity index (χ2n) is 2.16. The van der Waals surface area contributed by atoms with Gasteiger partial charge in [0.25, 0.3) is 0 Å². The van der Waals surface area contributed by atoms with Crippen LogP contribution in [0.3, 0.4) is 0 Å². The molecule has 78 valence electrons. The Morgan fingerprint density at radius 1 is 0.929 bits per heavy atom. The van der Waals surface area contributed by atoms with E-state index in [1.54, 1.807) is 0 Å². The van der Waals surface area contributed by atoms with Crippen molar-refractivity contribution in [3.8, 4) is 0 Å². The van der Waals surface area contributed by atoms with Crippen LogP contribution in [0.1, 0.15) is 20.7 Å². The number of hydrogen-bond donors (Lipinski definition) is 0. The molecule has 0 heterocycles. The molecule has 0 N–H and O–H groups in total. The van der Waals surface area contributed by atoms with E-state index in [1.807, 2.05) is 0 Å². The first-order valence-corrected chi connectivity index (χ1v) is 3.14. The summed E-state index contributed by atoms with van der Waals surface area (Å²) in [5.74, 6) is -2.81. The van der Waals surface area contributed by atoms with Crippen LogP contribution in [0.15, 0.2) is 24.3 Å². The van der Waals surface area contributed by atoms with Crippen molar-refractivity contribution in [3.63, 3.8) is 0 Å². The highest BCUT2D eigenvalue weighted by Gasteiger charge is 1.96. The average molecular weight is 237 g/mol. The van der Waals surface area contributed by atoms with Gasteiger partial charge in [0.05, 0.1) is 11.9 Å². The first kappa shape index (κ1) is 15.2. The molecule has 14 heavy (non-hydrogen) atoms. The Labute approximate surface area is 92.4 Å². The minimum Gasteiger partial charge on any atom is -0.545 e. The van der Waals surface area contributed by atoms with E-state index in [0.717, 1.165) is 6.07 Å². The molecule has 0 bridgehead atoms. The van der Waals surface area contributed by atoms with Crippen LogP contribution < -0.4 is 10.2 Å². The molecule has 0 radical (unpaired) electrons. The number of carboxylic acid groups (broad SMARTS) is 2. The summed E-state index contributed by atoms with van der Waals surface area (Å²) < 4.78 is 0. The van der Waals surface area contributed by atoms with Gasteiger partial charge in [-0.2, -0.15) is 0 Å². The zero-order chi connectivity index (χ0) is 9.14. The Morgan fingerprint density at radius 3 is 1.57 bits per heavy atom. The lowest BCUT2D eigenvalue weighted by molar-refractivity contribution is -0.255. The molecule has 1 rings (SSSR count). The largest absolute Gasteiger partial charge is 0.545 e. The molecule has 0 unspecified atom stereocenters. The van der Waals surface area contributed by atoms with E-state index >= 15 is 0 Å². The molecule has 6 heteroatoms. The van der Waals surface area contributed by atoms with Crippen molar-refractivity contribution in [1.82, 2.24) is 0 Å². The van der Waals surface area contributed by atoms with Crippen LogP contribution in [0, 0.1) is 0 Å². The van der Waals surface area contributed by atoms with E-state index in [0.29, 0.717) is 0 Å². The summed E-state index contributed by atoms with van der Waals surface area (Å²) in [7, 11) is 0. The monoisotopic (exact) mass is 236 g/mol. The predicted molar refractivity (Wildman–Crippen MR) is 49.6 cm³/mol. The SMILES string of the molecule is Cl.Cl.O=C([O-])c1cccc(C(=O)[O-])c1. The number of hydrogen-bond acceptors (Lipinski definition) is 4. The smallest absolute Gasteiger partial charge is 0.0715 e. The van der Waals surface area contributed by atoms with Crippen molar-refractivity contribution in [2.45, 2.75) is 0 Å². The van der Waals surface area contributed by atoms with Gasteiger partial charge in [-0.15, -0.1) is 24.8 Å². The molecule has 0 fully saturated rings. The summed E-state index contributed by atoms with van der Waals surface area (Å²) in [5, 5.41) is 20.5. The fourth-order valence-electron chi connectivity index (χ4n) is 0.773. The van der Waals surface area contributed by atoms with Crippen molar-refractivity contribution in [1.29, 1.82) is 0 Å². The van der Waals surface area contributed by atoms with Crippen molar-refractivity contribution in [2.24, 2.45) is 0 Å². The van der Waals surface area contributed by atoms with Crippen LogP contribution in [-0.4, -0.2) is 11.9 Å². The van der Waals surface area contributed by atoms with Gasteiger partial charge in [0.15, 0.2) is 0 Å². The third-order valence-electron chi connectivity index (χ3n) is 1.33. The maximum atomic E-state index is 10.3. The van der Waals surface area contributed by atoms with Crippen molar-refractivity contribution >= 4 is 36.8 Å². The van der Waals surface area contributed by atoms with Crippen LogP contribution in [0.25, 0.3) is 0 Å². The fourth-order valence-corrected chi connectivity index (χ4v) is 0.773. The van der Waals surface area contributed by atoms with Gasteiger partial charge in [-0.1, -0.05) is 18.2 Å². The zero-order valence-electron chi connectivity index (χ0n) is 6.76. The summed E-state index contributed by atoms with van der Waals surface area (Å²) in [6.07, 6.45) is 0.